The normalized spacial score (nSPS) is 21.2. The van der Waals surface area contributed by atoms with Crippen molar-refractivity contribution in [3.8, 4) is 0 Å². The molecule has 1 heterocycles. The first-order chi connectivity index (χ1) is 9.20. The average molecular weight is 262 g/mol. The lowest BCUT2D eigenvalue weighted by molar-refractivity contribution is 0.0700. The highest BCUT2D eigenvalue weighted by molar-refractivity contribution is 5.20. The van der Waals surface area contributed by atoms with Crippen molar-refractivity contribution in [1.82, 2.24) is 4.90 Å². The Morgan fingerprint density at radius 2 is 1.89 bits per heavy atom. The first-order valence-electron chi connectivity index (χ1n) is 7.36. The smallest absolute Gasteiger partial charge is 0.0541 e. The number of piperidine rings is 1. The predicted molar refractivity (Wildman–Crippen MR) is 79.1 cm³/mol. The van der Waals surface area contributed by atoms with E-state index in [0.717, 1.165) is 32.5 Å². The molecule has 1 fully saturated rings. The Bertz CT molecular complexity index is 358. The zero-order valence-corrected chi connectivity index (χ0v) is 11.8. The largest absolute Gasteiger partial charge is 0.393 e. The minimum absolute atomic E-state index is 0.165. The molecular weight excluding hydrogens is 236 g/mol. The zero-order valence-electron chi connectivity index (χ0n) is 11.8. The maximum Gasteiger partial charge on any atom is 0.0541 e. The lowest BCUT2D eigenvalue weighted by Crippen LogP contribution is -2.40. The molecular formula is C16H26N2O. The summed E-state index contributed by atoms with van der Waals surface area (Å²) in [7, 11) is 0. The maximum absolute atomic E-state index is 9.63. The Hall–Kier alpha value is -0.900. The standard InChI is InChI=1S/C16H26N2O/c1-13(19)14-7-9-18(10-8-14)12-16(11-17)15-5-3-2-4-6-15/h2-6,13-14,16,19H,7-12,17H2,1H3. The molecule has 0 aliphatic carbocycles. The van der Waals surface area contributed by atoms with Crippen LogP contribution in [-0.4, -0.2) is 42.3 Å². The van der Waals surface area contributed by atoms with Crippen LogP contribution in [0.3, 0.4) is 0 Å². The fourth-order valence-corrected chi connectivity index (χ4v) is 2.97. The van der Waals surface area contributed by atoms with Gasteiger partial charge < -0.3 is 15.7 Å². The minimum atomic E-state index is -0.165. The number of benzene rings is 1. The van der Waals surface area contributed by atoms with Crippen LogP contribution in [0.4, 0.5) is 0 Å². The predicted octanol–water partition coefficient (Wildman–Crippen LogP) is 1.82. The molecule has 0 amide bonds. The monoisotopic (exact) mass is 262 g/mol. The summed E-state index contributed by atoms with van der Waals surface area (Å²) in [6.45, 7) is 5.80. The Labute approximate surface area is 116 Å². The highest BCUT2D eigenvalue weighted by Gasteiger charge is 2.24. The molecule has 1 aliphatic rings. The van der Waals surface area contributed by atoms with Crippen LogP contribution in [0.5, 0.6) is 0 Å². The van der Waals surface area contributed by atoms with Gasteiger partial charge in [-0.25, -0.2) is 0 Å². The molecule has 0 saturated carbocycles. The van der Waals surface area contributed by atoms with Gasteiger partial charge >= 0.3 is 0 Å². The average Bonchev–Trinajstić information content (AvgIpc) is 2.46. The molecule has 1 aliphatic heterocycles. The number of nitrogens with two attached hydrogens (primary N) is 1. The molecule has 0 aromatic heterocycles. The van der Waals surface area contributed by atoms with Crippen molar-refractivity contribution >= 4 is 0 Å². The van der Waals surface area contributed by atoms with Crippen molar-refractivity contribution in [3.63, 3.8) is 0 Å². The van der Waals surface area contributed by atoms with Crippen LogP contribution < -0.4 is 5.73 Å². The van der Waals surface area contributed by atoms with E-state index in [0.29, 0.717) is 18.4 Å². The first-order valence-corrected chi connectivity index (χ1v) is 7.36. The molecule has 3 nitrogen and oxygen atoms in total. The van der Waals surface area contributed by atoms with Gasteiger partial charge in [-0.15, -0.1) is 0 Å². The molecule has 2 rings (SSSR count). The van der Waals surface area contributed by atoms with Crippen LogP contribution in [0.15, 0.2) is 30.3 Å². The number of rotatable bonds is 5. The van der Waals surface area contributed by atoms with E-state index in [1.54, 1.807) is 0 Å². The Morgan fingerprint density at radius 1 is 1.26 bits per heavy atom. The molecule has 1 saturated heterocycles. The van der Waals surface area contributed by atoms with Crippen molar-refractivity contribution in [3.05, 3.63) is 35.9 Å². The fraction of sp³-hybridized carbons (Fsp3) is 0.625. The van der Waals surface area contributed by atoms with Gasteiger partial charge in [-0.1, -0.05) is 30.3 Å². The van der Waals surface area contributed by atoms with Crippen molar-refractivity contribution in [1.29, 1.82) is 0 Å². The Morgan fingerprint density at radius 3 is 2.42 bits per heavy atom. The lowest BCUT2D eigenvalue weighted by Gasteiger charge is -2.35. The van der Waals surface area contributed by atoms with E-state index in [-0.39, 0.29) is 6.10 Å². The van der Waals surface area contributed by atoms with Gasteiger partial charge in [0.2, 0.25) is 0 Å². The summed E-state index contributed by atoms with van der Waals surface area (Å²) in [4.78, 5) is 2.49. The van der Waals surface area contributed by atoms with Gasteiger partial charge in [-0.3, -0.25) is 0 Å². The lowest BCUT2D eigenvalue weighted by atomic mass is 9.91. The van der Waals surface area contributed by atoms with Crippen LogP contribution in [0, 0.1) is 5.92 Å². The molecule has 3 N–H and O–H groups in total. The number of hydrogen-bond donors (Lipinski definition) is 2. The summed E-state index contributed by atoms with van der Waals surface area (Å²) in [5, 5.41) is 9.63. The molecule has 3 heteroatoms. The van der Waals surface area contributed by atoms with E-state index in [1.165, 1.54) is 5.56 Å². The highest BCUT2D eigenvalue weighted by Crippen LogP contribution is 2.23. The molecule has 2 unspecified atom stereocenters. The van der Waals surface area contributed by atoms with Gasteiger partial charge in [0, 0.05) is 19.0 Å². The minimum Gasteiger partial charge on any atom is -0.393 e. The molecule has 0 radical (unpaired) electrons. The van der Waals surface area contributed by atoms with Crippen molar-refractivity contribution in [2.24, 2.45) is 11.7 Å². The van der Waals surface area contributed by atoms with Gasteiger partial charge in [0.1, 0.15) is 0 Å². The Kier molecular flexibility index (Phi) is 5.37. The number of likely N-dealkylation sites (tertiary alicyclic amines) is 1. The van der Waals surface area contributed by atoms with E-state index in [9.17, 15) is 5.11 Å². The molecule has 1 aromatic carbocycles. The van der Waals surface area contributed by atoms with Crippen molar-refractivity contribution in [2.45, 2.75) is 31.8 Å². The maximum atomic E-state index is 9.63. The molecule has 0 bridgehead atoms. The summed E-state index contributed by atoms with van der Waals surface area (Å²) >= 11 is 0. The van der Waals surface area contributed by atoms with E-state index in [4.69, 9.17) is 5.73 Å². The summed E-state index contributed by atoms with van der Waals surface area (Å²) in [5.41, 5.74) is 7.27. The SMILES string of the molecule is CC(O)C1CCN(CC(CN)c2ccccc2)CC1. The second kappa shape index (κ2) is 7.04. The number of aliphatic hydroxyl groups is 1. The summed E-state index contributed by atoms with van der Waals surface area (Å²) < 4.78 is 0. The first kappa shape index (κ1) is 14.5. The van der Waals surface area contributed by atoms with Crippen LogP contribution in [-0.2, 0) is 0 Å². The van der Waals surface area contributed by atoms with Gasteiger partial charge in [-0.2, -0.15) is 0 Å². The van der Waals surface area contributed by atoms with Gasteiger partial charge in [-0.05, 0) is 44.3 Å². The summed E-state index contributed by atoms with van der Waals surface area (Å²) in [6.07, 6.45) is 2.04. The quantitative estimate of drug-likeness (QED) is 0.851. The van der Waals surface area contributed by atoms with Gasteiger partial charge in [0.25, 0.3) is 0 Å². The van der Waals surface area contributed by atoms with Crippen LogP contribution in [0.2, 0.25) is 0 Å². The van der Waals surface area contributed by atoms with Crippen molar-refractivity contribution < 1.29 is 5.11 Å². The highest BCUT2D eigenvalue weighted by atomic mass is 16.3. The van der Waals surface area contributed by atoms with Crippen molar-refractivity contribution in [2.75, 3.05) is 26.2 Å². The van der Waals surface area contributed by atoms with Crippen LogP contribution in [0.25, 0.3) is 0 Å². The number of hydrogen-bond acceptors (Lipinski definition) is 3. The van der Waals surface area contributed by atoms with Crippen LogP contribution in [0.1, 0.15) is 31.2 Å². The number of nitrogens with zero attached hydrogens (tertiary/aromatic N) is 1. The molecule has 19 heavy (non-hydrogen) atoms. The van der Waals surface area contributed by atoms with Gasteiger partial charge in [0.15, 0.2) is 0 Å². The van der Waals surface area contributed by atoms with E-state index < -0.39 is 0 Å². The second-order valence-electron chi connectivity index (χ2n) is 5.72. The fourth-order valence-electron chi connectivity index (χ4n) is 2.97. The topological polar surface area (TPSA) is 49.5 Å². The number of aliphatic hydroxyl groups excluding tert-OH is 1. The molecule has 0 spiro atoms. The zero-order chi connectivity index (χ0) is 13.7. The van der Waals surface area contributed by atoms with E-state index >= 15 is 0 Å². The second-order valence-corrected chi connectivity index (χ2v) is 5.72. The van der Waals surface area contributed by atoms with E-state index in [2.05, 4.69) is 29.2 Å². The molecule has 106 valence electrons. The van der Waals surface area contributed by atoms with Gasteiger partial charge in [0.05, 0.1) is 6.10 Å². The molecule has 2 atom stereocenters. The molecule has 1 aromatic rings. The third kappa shape index (κ3) is 4.03. The third-order valence-electron chi connectivity index (χ3n) is 4.35. The Balaban J connectivity index is 1.87. The third-order valence-corrected chi connectivity index (χ3v) is 4.35. The summed E-state index contributed by atoms with van der Waals surface area (Å²) in [6, 6.07) is 10.5. The van der Waals surface area contributed by atoms with Crippen LogP contribution >= 0.6 is 0 Å². The van der Waals surface area contributed by atoms with E-state index in [1.807, 2.05) is 13.0 Å². The summed E-state index contributed by atoms with van der Waals surface area (Å²) in [5.74, 6) is 0.897.